The maximum atomic E-state index is 2.71. The van der Waals surface area contributed by atoms with Gasteiger partial charge in [0, 0.05) is 13.1 Å². The van der Waals surface area contributed by atoms with Crippen molar-refractivity contribution >= 4 is 0 Å². The van der Waals surface area contributed by atoms with Crippen LogP contribution >= 0.6 is 0 Å². The molecule has 2 unspecified atom stereocenters. The molecule has 2 atom stereocenters. The average molecular weight is 332 g/mol. The van der Waals surface area contributed by atoms with E-state index in [0.29, 0.717) is 0 Å². The van der Waals surface area contributed by atoms with Gasteiger partial charge in [-0.25, -0.2) is 0 Å². The van der Waals surface area contributed by atoms with Gasteiger partial charge in [-0.3, -0.25) is 4.90 Å². The van der Waals surface area contributed by atoms with Gasteiger partial charge in [-0.15, -0.1) is 0 Å². The molecule has 0 aromatic heterocycles. The minimum Gasteiger partial charge on any atom is -0.299 e. The fourth-order valence-corrected chi connectivity index (χ4v) is 4.72. The highest BCUT2D eigenvalue weighted by atomic mass is 15.1. The SMILES string of the molecule is CCCN(CC(C)=CC=C(C)C1CCC(C)C1)CC1CCCCC1. The Morgan fingerprint density at radius 3 is 2.38 bits per heavy atom. The molecule has 2 saturated carbocycles. The topological polar surface area (TPSA) is 3.24 Å². The van der Waals surface area contributed by atoms with Gasteiger partial charge in [0.25, 0.3) is 0 Å². The molecule has 1 nitrogen and oxygen atoms in total. The van der Waals surface area contributed by atoms with Gasteiger partial charge >= 0.3 is 0 Å². The zero-order valence-corrected chi connectivity index (χ0v) is 16.8. The van der Waals surface area contributed by atoms with Gasteiger partial charge in [-0.1, -0.05) is 62.8 Å². The first kappa shape index (κ1) is 19.8. The summed E-state index contributed by atoms with van der Waals surface area (Å²) >= 11 is 0. The van der Waals surface area contributed by atoms with Gasteiger partial charge in [0.1, 0.15) is 0 Å². The molecular formula is C23H41N. The van der Waals surface area contributed by atoms with Gasteiger partial charge in [-0.05, 0) is 70.3 Å². The fourth-order valence-electron chi connectivity index (χ4n) is 4.72. The van der Waals surface area contributed by atoms with Gasteiger partial charge < -0.3 is 0 Å². The molecule has 0 aromatic carbocycles. The predicted octanol–water partition coefficient (Wildman–Crippen LogP) is 6.61. The lowest BCUT2D eigenvalue weighted by molar-refractivity contribution is 0.213. The van der Waals surface area contributed by atoms with Crippen molar-refractivity contribution in [1.29, 1.82) is 0 Å². The second-order valence-corrected chi connectivity index (χ2v) is 8.78. The van der Waals surface area contributed by atoms with E-state index in [2.05, 4.69) is 44.7 Å². The highest BCUT2D eigenvalue weighted by Crippen LogP contribution is 2.35. The second-order valence-electron chi connectivity index (χ2n) is 8.78. The molecule has 0 bridgehead atoms. The number of allylic oxidation sites excluding steroid dienone is 3. The number of hydrogen-bond donors (Lipinski definition) is 0. The lowest BCUT2D eigenvalue weighted by Crippen LogP contribution is -2.32. The zero-order chi connectivity index (χ0) is 17.4. The third-order valence-corrected chi connectivity index (χ3v) is 6.22. The van der Waals surface area contributed by atoms with E-state index in [4.69, 9.17) is 0 Å². The molecule has 0 radical (unpaired) electrons. The van der Waals surface area contributed by atoms with E-state index >= 15 is 0 Å². The first-order chi connectivity index (χ1) is 11.6. The summed E-state index contributed by atoms with van der Waals surface area (Å²) in [6.07, 6.45) is 17.6. The van der Waals surface area contributed by atoms with Crippen molar-refractivity contribution in [3.05, 3.63) is 23.3 Å². The van der Waals surface area contributed by atoms with Crippen LogP contribution in [0, 0.1) is 17.8 Å². The molecule has 0 amide bonds. The van der Waals surface area contributed by atoms with Crippen LogP contribution in [0.2, 0.25) is 0 Å². The first-order valence-electron chi connectivity index (χ1n) is 10.6. The summed E-state index contributed by atoms with van der Waals surface area (Å²) in [6.45, 7) is 13.1. The zero-order valence-electron chi connectivity index (χ0n) is 16.8. The third-order valence-electron chi connectivity index (χ3n) is 6.22. The third kappa shape index (κ3) is 6.75. The van der Waals surface area contributed by atoms with Crippen molar-refractivity contribution in [1.82, 2.24) is 4.90 Å². The van der Waals surface area contributed by atoms with E-state index in [-0.39, 0.29) is 0 Å². The molecule has 138 valence electrons. The van der Waals surface area contributed by atoms with Crippen LogP contribution in [0.25, 0.3) is 0 Å². The standard InChI is InChI=1S/C23H41N/c1-5-15-24(18-22-9-7-6-8-10-22)17-20(3)11-13-21(4)23-14-12-19(2)16-23/h11,13,19,22-23H,5-10,12,14-18H2,1-4H3. The van der Waals surface area contributed by atoms with Crippen LogP contribution in [-0.2, 0) is 0 Å². The van der Waals surface area contributed by atoms with E-state index in [1.165, 1.54) is 76.5 Å². The number of hydrogen-bond acceptors (Lipinski definition) is 1. The number of rotatable bonds is 8. The summed E-state index contributed by atoms with van der Waals surface area (Å²) in [4.78, 5) is 2.71. The Morgan fingerprint density at radius 2 is 1.75 bits per heavy atom. The van der Waals surface area contributed by atoms with Crippen molar-refractivity contribution < 1.29 is 0 Å². The molecule has 0 aromatic rings. The van der Waals surface area contributed by atoms with E-state index < -0.39 is 0 Å². The molecule has 0 spiro atoms. The normalized spacial score (nSPS) is 27.2. The molecule has 0 saturated heterocycles. The van der Waals surface area contributed by atoms with Crippen LogP contribution in [0.4, 0.5) is 0 Å². The fraction of sp³-hybridized carbons (Fsp3) is 0.826. The Labute approximate surface area is 151 Å². The van der Waals surface area contributed by atoms with Gasteiger partial charge in [0.2, 0.25) is 0 Å². The summed E-state index contributed by atoms with van der Waals surface area (Å²) in [5.74, 6) is 2.73. The lowest BCUT2D eigenvalue weighted by Gasteiger charge is -2.29. The summed E-state index contributed by atoms with van der Waals surface area (Å²) in [6, 6.07) is 0. The Kier molecular flexibility index (Phi) is 8.59. The van der Waals surface area contributed by atoms with Crippen LogP contribution in [0.1, 0.15) is 85.5 Å². The Balaban J connectivity index is 1.85. The lowest BCUT2D eigenvalue weighted by atomic mass is 9.89. The monoisotopic (exact) mass is 331 g/mol. The van der Waals surface area contributed by atoms with Crippen molar-refractivity contribution in [2.45, 2.75) is 85.5 Å². The Hall–Kier alpha value is -0.560. The van der Waals surface area contributed by atoms with Crippen molar-refractivity contribution in [3.8, 4) is 0 Å². The van der Waals surface area contributed by atoms with E-state index in [1.54, 1.807) is 5.57 Å². The van der Waals surface area contributed by atoms with E-state index in [9.17, 15) is 0 Å². The van der Waals surface area contributed by atoms with E-state index in [1.807, 2.05) is 0 Å². The largest absolute Gasteiger partial charge is 0.299 e. The predicted molar refractivity (Wildman–Crippen MR) is 107 cm³/mol. The van der Waals surface area contributed by atoms with Gasteiger partial charge in [0.05, 0.1) is 0 Å². The molecule has 2 rings (SSSR count). The maximum absolute atomic E-state index is 2.71. The molecule has 0 heterocycles. The first-order valence-corrected chi connectivity index (χ1v) is 10.6. The minimum absolute atomic E-state index is 0.845. The molecule has 1 heteroatoms. The quantitative estimate of drug-likeness (QED) is 0.452. The molecule has 2 aliphatic carbocycles. The second kappa shape index (κ2) is 10.4. The summed E-state index contributed by atoms with van der Waals surface area (Å²) in [5.41, 5.74) is 3.14. The van der Waals surface area contributed by atoms with E-state index in [0.717, 1.165) is 24.3 Å². The van der Waals surface area contributed by atoms with Crippen molar-refractivity contribution in [3.63, 3.8) is 0 Å². The van der Waals surface area contributed by atoms with Crippen LogP contribution in [0.15, 0.2) is 23.3 Å². The maximum Gasteiger partial charge on any atom is 0.0193 e. The summed E-state index contributed by atoms with van der Waals surface area (Å²) in [7, 11) is 0. The van der Waals surface area contributed by atoms with Crippen LogP contribution in [0.3, 0.4) is 0 Å². The molecule has 2 fully saturated rings. The summed E-state index contributed by atoms with van der Waals surface area (Å²) < 4.78 is 0. The van der Waals surface area contributed by atoms with Gasteiger partial charge in [0.15, 0.2) is 0 Å². The smallest absolute Gasteiger partial charge is 0.0193 e. The molecular weight excluding hydrogens is 290 g/mol. The van der Waals surface area contributed by atoms with Crippen LogP contribution in [0.5, 0.6) is 0 Å². The Bertz CT molecular complexity index is 414. The highest BCUT2D eigenvalue weighted by Gasteiger charge is 2.22. The number of nitrogens with zero attached hydrogens (tertiary/aromatic N) is 1. The van der Waals surface area contributed by atoms with Crippen molar-refractivity contribution in [2.75, 3.05) is 19.6 Å². The molecule has 0 aliphatic heterocycles. The van der Waals surface area contributed by atoms with Crippen LogP contribution < -0.4 is 0 Å². The minimum atomic E-state index is 0.845. The molecule has 24 heavy (non-hydrogen) atoms. The molecule has 0 N–H and O–H groups in total. The van der Waals surface area contributed by atoms with Crippen LogP contribution in [-0.4, -0.2) is 24.5 Å². The average Bonchev–Trinajstić information content (AvgIpc) is 3.00. The van der Waals surface area contributed by atoms with Crippen molar-refractivity contribution in [2.24, 2.45) is 17.8 Å². The van der Waals surface area contributed by atoms with Gasteiger partial charge in [-0.2, -0.15) is 0 Å². The molecule has 2 aliphatic rings. The summed E-state index contributed by atoms with van der Waals surface area (Å²) in [5, 5.41) is 0. The Morgan fingerprint density at radius 1 is 1.00 bits per heavy atom. The highest BCUT2D eigenvalue weighted by molar-refractivity contribution is 5.19.